The number of hydrogen-bond donors (Lipinski definition) is 1. The maximum Gasteiger partial charge on any atom is 0.165 e. The molecule has 94 valence electrons. The minimum Gasteiger partial charge on any atom is -0.494 e. The van der Waals surface area contributed by atoms with Crippen molar-refractivity contribution in [2.75, 3.05) is 12.4 Å². The fourth-order valence-corrected chi connectivity index (χ4v) is 1.53. The number of ether oxygens (including phenoxy) is 1. The molecule has 0 saturated heterocycles. The van der Waals surface area contributed by atoms with Crippen LogP contribution in [0.1, 0.15) is 11.4 Å². The second-order valence-electron chi connectivity index (χ2n) is 3.92. The van der Waals surface area contributed by atoms with E-state index in [1.807, 2.05) is 13.8 Å². The normalized spacial score (nSPS) is 10.2. The highest BCUT2D eigenvalue weighted by atomic mass is 19.1. The quantitative estimate of drug-likeness (QED) is 0.905. The van der Waals surface area contributed by atoms with Crippen LogP contribution in [0.4, 0.5) is 15.9 Å². The van der Waals surface area contributed by atoms with Gasteiger partial charge >= 0.3 is 0 Å². The van der Waals surface area contributed by atoms with Crippen molar-refractivity contribution >= 4 is 11.5 Å². The number of anilines is 2. The van der Waals surface area contributed by atoms with Crippen LogP contribution in [0, 0.1) is 19.7 Å². The van der Waals surface area contributed by atoms with Crippen LogP contribution in [0.3, 0.4) is 0 Å². The highest BCUT2D eigenvalue weighted by molar-refractivity contribution is 5.60. The molecule has 0 saturated carbocycles. The highest BCUT2D eigenvalue weighted by Gasteiger charge is 2.06. The summed E-state index contributed by atoms with van der Waals surface area (Å²) in [5.74, 6) is 1.19. The standard InChI is InChI=1S/C13H14FN3O/c1-8-7-15-9(2)16-13(8)17-10-4-5-11(14)12(6-10)18-3/h4-7H,1-3H3,(H,15,16,17). The van der Waals surface area contributed by atoms with E-state index in [4.69, 9.17) is 4.74 Å². The monoisotopic (exact) mass is 247 g/mol. The van der Waals surface area contributed by atoms with E-state index in [1.54, 1.807) is 18.3 Å². The van der Waals surface area contributed by atoms with Crippen LogP contribution >= 0.6 is 0 Å². The third-order valence-corrected chi connectivity index (χ3v) is 2.51. The van der Waals surface area contributed by atoms with E-state index >= 15 is 0 Å². The summed E-state index contributed by atoms with van der Waals surface area (Å²) in [6.45, 7) is 3.72. The summed E-state index contributed by atoms with van der Waals surface area (Å²) >= 11 is 0. The van der Waals surface area contributed by atoms with Gasteiger partial charge in [-0.05, 0) is 26.0 Å². The van der Waals surface area contributed by atoms with Crippen molar-refractivity contribution in [2.45, 2.75) is 13.8 Å². The highest BCUT2D eigenvalue weighted by Crippen LogP contribution is 2.24. The topological polar surface area (TPSA) is 47.0 Å². The average molecular weight is 247 g/mol. The number of hydrogen-bond acceptors (Lipinski definition) is 4. The lowest BCUT2D eigenvalue weighted by Gasteiger charge is -2.10. The first kappa shape index (κ1) is 12.3. The van der Waals surface area contributed by atoms with Gasteiger partial charge in [0, 0.05) is 23.5 Å². The zero-order valence-electron chi connectivity index (χ0n) is 10.5. The van der Waals surface area contributed by atoms with Crippen molar-refractivity contribution in [2.24, 2.45) is 0 Å². The van der Waals surface area contributed by atoms with Crippen LogP contribution in [-0.4, -0.2) is 17.1 Å². The third-order valence-electron chi connectivity index (χ3n) is 2.51. The Balaban J connectivity index is 2.31. The zero-order chi connectivity index (χ0) is 13.1. The molecule has 2 rings (SSSR count). The molecule has 0 bridgehead atoms. The van der Waals surface area contributed by atoms with E-state index in [0.717, 1.165) is 11.3 Å². The Kier molecular flexibility index (Phi) is 3.41. The van der Waals surface area contributed by atoms with Gasteiger partial charge in [-0.3, -0.25) is 0 Å². The van der Waals surface area contributed by atoms with Gasteiger partial charge in [-0.15, -0.1) is 0 Å². The van der Waals surface area contributed by atoms with Gasteiger partial charge in [0.15, 0.2) is 11.6 Å². The number of rotatable bonds is 3. The number of methoxy groups -OCH3 is 1. The van der Waals surface area contributed by atoms with Crippen LogP contribution in [0.2, 0.25) is 0 Å². The molecule has 0 unspecified atom stereocenters. The van der Waals surface area contributed by atoms with Crippen LogP contribution < -0.4 is 10.1 Å². The molecule has 2 aromatic rings. The molecule has 0 aliphatic heterocycles. The van der Waals surface area contributed by atoms with Gasteiger partial charge in [0.2, 0.25) is 0 Å². The first-order valence-electron chi connectivity index (χ1n) is 5.51. The Bertz CT molecular complexity index is 572. The van der Waals surface area contributed by atoms with E-state index in [2.05, 4.69) is 15.3 Å². The van der Waals surface area contributed by atoms with E-state index < -0.39 is 5.82 Å². The van der Waals surface area contributed by atoms with Crippen molar-refractivity contribution in [3.63, 3.8) is 0 Å². The lowest BCUT2D eigenvalue weighted by Crippen LogP contribution is -2.00. The Labute approximate surface area is 105 Å². The fourth-order valence-electron chi connectivity index (χ4n) is 1.53. The predicted molar refractivity (Wildman–Crippen MR) is 67.7 cm³/mol. The smallest absolute Gasteiger partial charge is 0.165 e. The minimum atomic E-state index is -0.390. The summed E-state index contributed by atoms with van der Waals surface area (Å²) in [6, 6.07) is 4.57. The molecule has 1 aromatic heterocycles. The molecule has 0 aliphatic carbocycles. The molecule has 1 N–H and O–H groups in total. The molecule has 1 aromatic carbocycles. The van der Waals surface area contributed by atoms with Gasteiger partial charge in [0.05, 0.1) is 7.11 Å². The molecule has 0 spiro atoms. The number of aryl methyl sites for hydroxylation is 2. The lowest BCUT2D eigenvalue weighted by atomic mass is 10.2. The molecule has 1 heterocycles. The van der Waals surface area contributed by atoms with Crippen molar-refractivity contribution in [3.8, 4) is 5.75 Å². The van der Waals surface area contributed by atoms with Crippen molar-refractivity contribution in [1.29, 1.82) is 0 Å². The fraction of sp³-hybridized carbons (Fsp3) is 0.231. The molecule has 4 nitrogen and oxygen atoms in total. The first-order valence-corrected chi connectivity index (χ1v) is 5.51. The summed E-state index contributed by atoms with van der Waals surface area (Å²) in [5, 5.41) is 3.12. The number of nitrogens with one attached hydrogen (secondary N) is 1. The van der Waals surface area contributed by atoms with E-state index in [1.165, 1.54) is 13.2 Å². The summed E-state index contributed by atoms with van der Waals surface area (Å²) < 4.78 is 18.2. The van der Waals surface area contributed by atoms with Gasteiger partial charge in [0.1, 0.15) is 11.6 Å². The maximum atomic E-state index is 13.3. The Morgan fingerprint density at radius 1 is 1.28 bits per heavy atom. The predicted octanol–water partition coefficient (Wildman–Crippen LogP) is 2.98. The number of halogens is 1. The lowest BCUT2D eigenvalue weighted by molar-refractivity contribution is 0.387. The second-order valence-corrected chi connectivity index (χ2v) is 3.92. The number of nitrogens with zero attached hydrogens (tertiary/aromatic N) is 2. The van der Waals surface area contributed by atoms with Gasteiger partial charge in [-0.25, -0.2) is 14.4 Å². The van der Waals surface area contributed by atoms with Gasteiger partial charge in [-0.2, -0.15) is 0 Å². The van der Waals surface area contributed by atoms with Crippen LogP contribution in [0.5, 0.6) is 5.75 Å². The van der Waals surface area contributed by atoms with Crippen LogP contribution in [0.25, 0.3) is 0 Å². The summed E-state index contributed by atoms with van der Waals surface area (Å²) in [5.41, 5.74) is 1.64. The summed E-state index contributed by atoms with van der Waals surface area (Å²) in [6.07, 6.45) is 1.74. The second kappa shape index (κ2) is 5.00. The molecule has 0 amide bonds. The molecule has 0 fully saturated rings. The van der Waals surface area contributed by atoms with E-state index in [0.29, 0.717) is 11.6 Å². The molecule has 18 heavy (non-hydrogen) atoms. The third kappa shape index (κ3) is 2.56. The molecular weight excluding hydrogens is 233 g/mol. The first-order chi connectivity index (χ1) is 8.60. The van der Waals surface area contributed by atoms with Gasteiger partial charge in [0.25, 0.3) is 0 Å². The molecule has 0 atom stereocenters. The van der Waals surface area contributed by atoms with E-state index in [-0.39, 0.29) is 5.75 Å². The maximum absolute atomic E-state index is 13.3. The molecular formula is C13H14FN3O. The molecule has 0 aliphatic rings. The molecule has 0 radical (unpaired) electrons. The Morgan fingerprint density at radius 3 is 2.78 bits per heavy atom. The zero-order valence-corrected chi connectivity index (χ0v) is 10.5. The van der Waals surface area contributed by atoms with E-state index in [9.17, 15) is 4.39 Å². The Hall–Kier alpha value is -2.17. The van der Waals surface area contributed by atoms with Gasteiger partial charge in [-0.1, -0.05) is 0 Å². The van der Waals surface area contributed by atoms with Crippen molar-refractivity contribution in [1.82, 2.24) is 9.97 Å². The molecule has 5 heteroatoms. The Morgan fingerprint density at radius 2 is 2.06 bits per heavy atom. The van der Waals surface area contributed by atoms with Crippen LogP contribution in [0.15, 0.2) is 24.4 Å². The van der Waals surface area contributed by atoms with Crippen molar-refractivity contribution < 1.29 is 9.13 Å². The summed E-state index contributed by atoms with van der Waals surface area (Å²) in [4.78, 5) is 8.38. The largest absolute Gasteiger partial charge is 0.494 e. The minimum absolute atomic E-state index is 0.198. The summed E-state index contributed by atoms with van der Waals surface area (Å²) in [7, 11) is 1.43. The number of benzene rings is 1. The van der Waals surface area contributed by atoms with Crippen molar-refractivity contribution in [3.05, 3.63) is 41.6 Å². The van der Waals surface area contributed by atoms with Crippen LogP contribution in [-0.2, 0) is 0 Å². The SMILES string of the molecule is COc1cc(Nc2nc(C)ncc2C)ccc1F. The average Bonchev–Trinajstić information content (AvgIpc) is 2.36. The van der Waals surface area contributed by atoms with Gasteiger partial charge < -0.3 is 10.1 Å². The number of aromatic nitrogens is 2.